The highest BCUT2D eigenvalue weighted by Crippen LogP contribution is 2.33. The molecule has 0 radical (unpaired) electrons. The maximum atomic E-state index is 5.56. The van der Waals surface area contributed by atoms with Crippen molar-refractivity contribution in [2.75, 3.05) is 49.6 Å². The number of imidazole rings is 1. The first kappa shape index (κ1) is 22.7. The van der Waals surface area contributed by atoms with Gasteiger partial charge in [-0.25, -0.2) is 4.98 Å². The van der Waals surface area contributed by atoms with Crippen molar-refractivity contribution in [2.45, 2.75) is 63.6 Å². The smallest absolute Gasteiger partial charge is 0.229 e. The molecule has 3 aliphatic rings. The summed E-state index contributed by atoms with van der Waals surface area (Å²) in [5, 5.41) is 3.58. The van der Waals surface area contributed by atoms with Crippen molar-refractivity contribution in [1.82, 2.24) is 24.4 Å². The van der Waals surface area contributed by atoms with Crippen LogP contribution >= 0.6 is 0 Å². The molecule has 1 N–H and O–H groups in total. The summed E-state index contributed by atoms with van der Waals surface area (Å²) >= 11 is 0. The SMILES string of the molecule is c1ccc(CNc2nc(N3CCC(N4CCOCC4)CC3)nc3c2ncn3C2CCCCC2)cc1. The van der Waals surface area contributed by atoms with Crippen LogP contribution in [0.15, 0.2) is 36.7 Å². The number of morpholine rings is 1. The van der Waals surface area contributed by atoms with E-state index >= 15 is 0 Å². The quantitative estimate of drug-likeness (QED) is 0.572. The van der Waals surface area contributed by atoms with Crippen LogP contribution < -0.4 is 10.2 Å². The van der Waals surface area contributed by atoms with Gasteiger partial charge < -0.3 is 19.5 Å². The minimum absolute atomic E-state index is 0.491. The molecule has 2 aromatic heterocycles. The van der Waals surface area contributed by atoms with Crippen LogP contribution in [0.4, 0.5) is 11.8 Å². The average Bonchev–Trinajstić information content (AvgIpc) is 3.38. The van der Waals surface area contributed by atoms with E-state index in [0.29, 0.717) is 12.1 Å². The van der Waals surface area contributed by atoms with Crippen LogP contribution in [0.5, 0.6) is 0 Å². The lowest BCUT2D eigenvalue weighted by molar-refractivity contribution is 0.0114. The van der Waals surface area contributed by atoms with E-state index in [0.717, 1.165) is 81.7 Å². The fourth-order valence-electron chi connectivity index (χ4n) is 5.95. The highest BCUT2D eigenvalue weighted by Gasteiger charge is 2.28. The Bertz CT molecular complexity index is 1100. The molecule has 6 rings (SSSR count). The number of hydrogen-bond donors (Lipinski definition) is 1. The molecule has 2 saturated heterocycles. The monoisotopic (exact) mass is 475 g/mol. The van der Waals surface area contributed by atoms with Gasteiger partial charge in [0.05, 0.1) is 19.5 Å². The molecular formula is C27H37N7O. The Hall–Kier alpha value is -2.71. The fourth-order valence-corrected chi connectivity index (χ4v) is 5.95. The number of aromatic nitrogens is 4. The van der Waals surface area contributed by atoms with Crippen molar-refractivity contribution in [2.24, 2.45) is 0 Å². The molecule has 3 aromatic rings. The lowest BCUT2D eigenvalue weighted by Crippen LogP contribution is -2.49. The number of benzene rings is 1. The first-order chi connectivity index (χ1) is 17.3. The zero-order valence-corrected chi connectivity index (χ0v) is 20.6. The molecule has 8 heteroatoms. The Balaban J connectivity index is 1.26. The van der Waals surface area contributed by atoms with E-state index in [1.165, 1.54) is 37.7 Å². The van der Waals surface area contributed by atoms with Crippen molar-refractivity contribution >= 4 is 22.9 Å². The van der Waals surface area contributed by atoms with Gasteiger partial charge in [-0.1, -0.05) is 49.6 Å². The maximum Gasteiger partial charge on any atom is 0.229 e. The predicted octanol–water partition coefficient (Wildman–Crippen LogP) is 4.24. The zero-order valence-electron chi connectivity index (χ0n) is 20.6. The Morgan fingerprint density at radius 1 is 0.857 bits per heavy atom. The van der Waals surface area contributed by atoms with Gasteiger partial charge in [0.2, 0.25) is 5.95 Å². The average molecular weight is 476 g/mol. The lowest BCUT2D eigenvalue weighted by atomic mass is 9.95. The van der Waals surface area contributed by atoms with Gasteiger partial charge in [-0.3, -0.25) is 4.90 Å². The van der Waals surface area contributed by atoms with Crippen LogP contribution in [0.3, 0.4) is 0 Å². The number of fused-ring (bicyclic) bond motifs is 1. The number of ether oxygens (including phenoxy) is 1. The second-order valence-corrected chi connectivity index (χ2v) is 10.2. The topological polar surface area (TPSA) is 71.3 Å². The molecular weight excluding hydrogens is 438 g/mol. The molecule has 0 unspecified atom stereocenters. The third-order valence-corrected chi connectivity index (χ3v) is 7.99. The van der Waals surface area contributed by atoms with Gasteiger partial charge in [0, 0.05) is 44.8 Å². The summed E-state index contributed by atoms with van der Waals surface area (Å²) in [5.74, 6) is 1.68. The molecule has 186 valence electrons. The van der Waals surface area contributed by atoms with Crippen molar-refractivity contribution in [3.05, 3.63) is 42.2 Å². The Kier molecular flexibility index (Phi) is 6.82. The highest BCUT2D eigenvalue weighted by molar-refractivity contribution is 5.84. The number of nitrogens with zero attached hydrogens (tertiary/aromatic N) is 6. The molecule has 1 aliphatic carbocycles. The first-order valence-corrected chi connectivity index (χ1v) is 13.4. The van der Waals surface area contributed by atoms with Crippen LogP contribution in [0.2, 0.25) is 0 Å². The minimum Gasteiger partial charge on any atom is -0.379 e. The number of piperidine rings is 1. The van der Waals surface area contributed by atoms with Gasteiger partial charge in [-0.15, -0.1) is 0 Å². The predicted molar refractivity (Wildman–Crippen MR) is 139 cm³/mol. The van der Waals surface area contributed by atoms with E-state index in [1.807, 2.05) is 6.33 Å². The first-order valence-electron chi connectivity index (χ1n) is 13.4. The summed E-state index contributed by atoms with van der Waals surface area (Å²) in [4.78, 5) is 19.9. The Morgan fingerprint density at radius 3 is 2.40 bits per heavy atom. The Morgan fingerprint density at radius 2 is 1.63 bits per heavy atom. The summed E-state index contributed by atoms with van der Waals surface area (Å²) in [5.41, 5.74) is 3.10. The van der Waals surface area contributed by atoms with Crippen molar-refractivity contribution in [1.29, 1.82) is 0 Å². The fraction of sp³-hybridized carbons (Fsp3) is 0.593. The summed E-state index contributed by atoms with van der Waals surface area (Å²) < 4.78 is 7.88. The number of anilines is 2. The highest BCUT2D eigenvalue weighted by atomic mass is 16.5. The van der Waals surface area contributed by atoms with Crippen LogP contribution in [0.25, 0.3) is 11.2 Å². The largest absolute Gasteiger partial charge is 0.379 e. The second-order valence-electron chi connectivity index (χ2n) is 10.2. The summed E-state index contributed by atoms with van der Waals surface area (Å²) in [7, 11) is 0. The Labute approximate surface area is 207 Å². The molecule has 1 saturated carbocycles. The van der Waals surface area contributed by atoms with Gasteiger partial charge in [0.25, 0.3) is 0 Å². The number of rotatable bonds is 6. The van der Waals surface area contributed by atoms with Crippen LogP contribution in [-0.2, 0) is 11.3 Å². The van der Waals surface area contributed by atoms with E-state index in [4.69, 9.17) is 19.7 Å². The van der Waals surface area contributed by atoms with E-state index in [2.05, 4.69) is 50.0 Å². The third-order valence-electron chi connectivity index (χ3n) is 7.99. The molecule has 0 atom stereocenters. The third kappa shape index (κ3) is 5.00. The van der Waals surface area contributed by atoms with E-state index in [9.17, 15) is 0 Å². The molecule has 3 fully saturated rings. The molecule has 1 aromatic carbocycles. The molecule has 8 nitrogen and oxygen atoms in total. The normalized spacial score (nSPS) is 21.0. The zero-order chi connectivity index (χ0) is 23.5. The molecule has 0 amide bonds. The van der Waals surface area contributed by atoms with Gasteiger partial charge in [-0.2, -0.15) is 9.97 Å². The molecule has 0 bridgehead atoms. The molecule has 4 heterocycles. The molecule has 0 spiro atoms. The second kappa shape index (κ2) is 10.5. The van der Waals surface area contributed by atoms with Crippen molar-refractivity contribution < 1.29 is 4.74 Å². The van der Waals surface area contributed by atoms with Crippen LogP contribution in [0, 0.1) is 0 Å². The number of nitrogens with one attached hydrogen (secondary N) is 1. The van der Waals surface area contributed by atoms with E-state index in [-0.39, 0.29) is 0 Å². The van der Waals surface area contributed by atoms with Crippen LogP contribution in [0.1, 0.15) is 56.6 Å². The van der Waals surface area contributed by atoms with Gasteiger partial charge >= 0.3 is 0 Å². The van der Waals surface area contributed by atoms with Crippen LogP contribution in [-0.4, -0.2) is 69.9 Å². The van der Waals surface area contributed by atoms with E-state index < -0.39 is 0 Å². The molecule has 35 heavy (non-hydrogen) atoms. The minimum atomic E-state index is 0.491. The number of hydrogen-bond acceptors (Lipinski definition) is 7. The van der Waals surface area contributed by atoms with Crippen molar-refractivity contribution in [3.63, 3.8) is 0 Å². The lowest BCUT2D eigenvalue weighted by Gasteiger charge is -2.40. The molecule has 2 aliphatic heterocycles. The van der Waals surface area contributed by atoms with Gasteiger partial charge in [0.15, 0.2) is 17.0 Å². The van der Waals surface area contributed by atoms with Gasteiger partial charge in [-0.05, 0) is 31.2 Å². The standard InChI is InChI=1S/C27H37N7O/c1-3-7-21(8-4-1)19-28-25-24-26(34(20-29-24)23-9-5-2-6-10-23)31-27(30-25)33-13-11-22(12-14-33)32-15-17-35-18-16-32/h1,3-4,7-8,20,22-23H,2,5-6,9-19H2,(H,28,30,31). The summed E-state index contributed by atoms with van der Waals surface area (Å²) in [6, 6.07) is 11.6. The van der Waals surface area contributed by atoms with Crippen molar-refractivity contribution in [3.8, 4) is 0 Å². The maximum absolute atomic E-state index is 5.56. The summed E-state index contributed by atoms with van der Waals surface area (Å²) in [6.07, 6.45) is 10.6. The summed E-state index contributed by atoms with van der Waals surface area (Å²) in [6.45, 7) is 6.54. The van der Waals surface area contributed by atoms with E-state index in [1.54, 1.807) is 0 Å². The van der Waals surface area contributed by atoms with Gasteiger partial charge in [0.1, 0.15) is 0 Å².